The Morgan fingerprint density at radius 2 is 1.70 bits per heavy atom. The Labute approximate surface area is 184 Å². The minimum absolute atomic E-state index is 0.0164. The topological polar surface area (TPSA) is 88.9 Å². The second-order valence-corrected chi connectivity index (χ2v) is 7.24. The molecule has 1 aromatic heterocycles. The number of para-hydroxylation sites is 1. The van der Waals surface area contributed by atoms with Gasteiger partial charge in [0.25, 0.3) is 11.8 Å². The first-order valence-electron chi connectivity index (χ1n) is 9.50. The number of hydrogen-bond acceptors (Lipinski definition) is 4. The molecular weight excluding hydrogens is 425 g/mol. The first-order chi connectivity index (χ1) is 14.4. The van der Waals surface area contributed by atoms with Gasteiger partial charge in [0.15, 0.2) is 0 Å². The van der Waals surface area contributed by atoms with Crippen molar-refractivity contribution in [1.29, 1.82) is 0 Å². The molecule has 30 heavy (non-hydrogen) atoms. The number of halogens is 2. The number of hydrogen-bond donors (Lipinski definition) is 2. The molecular formula is C21H21Cl2N5O2. The van der Waals surface area contributed by atoms with Crippen LogP contribution in [0.4, 0.5) is 0 Å². The van der Waals surface area contributed by atoms with E-state index in [-0.39, 0.29) is 18.3 Å². The fraction of sp³-hybridized carbons (Fsp3) is 0.238. The Morgan fingerprint density at radius 1 is 1.00 bits per heavy atom. The van der Waals surface area contributed by atoms with Crippen LogP contribution in [0.3, 0.4) is 0 Å². The molecule has 0 saturated carbocycles. The third-order valence-corrected chi connectivity index (χ3v) is 4.93. The normalized spacial score (nSPS) is 10.7. The predicted molar refractivity (Wildman–Crippen MR) is 116 cm³/mol. The Morgan fingerprint density at radius 3 is 2.37 bits per heavy atom. The summed E-state index contributed by atoms with van der Waals surface area (Å²) in [6.45, 7) is 4.53. The molecule has 3 rings (SSSR count). The Hall–Kier alpha value is -2.90. The van der Waals surface area contributed by atoms with Gasteiger partial charge in [-0.15, -0.1) is 5.10 Å². The summed E-state index contributed by atoms with van der Waals surface area (Å²) in [7, 11) is 0. The molecule has 0 radical (unpaired) electrons. The van der Waals surface area contributed by atoms with Crippen molar-refractivity contribution < 1.29 is 9.59 Å². The third-order valence-electron chi connectivity index (χ3n) is 4.32. The monoisotopic (exact) mass is 445 g/mol. The molecule has 3 aromatic rings. The van der Waals surface area contributed by atoms with Crippen LogP contribution in [-0.4, -0.2) is 33.1 Å². The van der Waals surface area contributed by atoms with Crippen molar-refractivity contribution in [3.05, 3.63) is 75.3 Å². The quantitative estimate of drug-likeness (QED) is 0.578. The van der Waals surface area contributed by atoms with E-state index >= 15 is 0 Å². The molecule has 156 valence electrons. The molecule has 2 amide bonds. The molecule has 0 saturated heterocycles. The first-order valence-corrected chi connectivity index (χ1v) is 10.3. The van der Waals surface area contributed by atoms with E-state index in [0.717, 1.165) is 5.56 Å². The van der Waals surface area contributed by atoms with E-state index in [9.17, 15) is 9.59 Å². The van der Waals surface area contributed by atoms with Crippen molar-refractivity contribution in [2.45, 2.75) is 26.8 Å². The van der Waals surface area contributed by atoms with Gasteiger partial charge in [0.1, 0.15) is 11.5 Å². The average molecular weight is 446 g/mol. The zero-order valence-electron chi connectivity index (χ0n) is 16.6. The summed E-state index contributed by atoms with van der Waals surface area (Å²) in [5.41, 5.74) is 1.81. The summed E-state index contributed by atoms with van der Waals surface area (Å²) >= 11 is 12.6. The number of carbonyl (C=O) groups is 2. The number of nitrogens with zero attached hydrogens (tertiary/aromatic N) is 3. The van der Waals surface area contributed by atoms with Gasteiger partial charge in [0, 0.05) is 25.1 Å². The van der Waals surface area contributed by atoms with Crippen molar-refractivity contribution in [2.75, 3.05) is 6.54 Å². The van der Waals surface area contributed by atoms with Gasteiger partial charge in [-0.3, -0.25) is 9.59 Å². The minimum Gasteiger partial charge on any atom is -0.352 e. The number of rotatable bonds is 7. The fourth-order valence-corrected chi connectivity index (χ4v) is 3.44. The lowest BCUT2D eigenvalue weighted by atomic mass is 10.1. The van der Waals surface area contributed by atoms with E-state index in [4.69, 9.17) is 23.2 Å². The molecule has 0 spiro atoms. The minimum atomic E-state index is -0.435. The maximum atomic E-state index is 12.6. The Kier molecular flexibility index (Phi) is 7.07. The summed E-state index contributed by atoms with van der Waals surface area (Å²) in [6.07, 6.45) is 0.538. The van der Waals surface area contributed by atoms with E-state index < -0.39 is 5.91 Å². The van der Waals surface area contributed by atoms with Crippen LogP contribution in [-0.2, 0) is 13.0 Å². The molecule has 0 aliphatic heterocycles. The SMILES string of the molecule is CCNC(=O)c1cccc(CNC(=O)c2nc(CC)n(-c3c(Cl)cccc3Cl)n2)c1. The summed E-state index contributed by atoms with van der Waals surface area (Å²) in [6, 6.07) is 12.2. The first kappa shape index (κ1) is 21.8. The van der Waals surface area contributed by atoms with E-state index in [0.29, 0.717) is 40.1 Å². The van der Waals surface area contributed by atoms with Crippen molar-refractivity contribution in [3.8, 4) is 5.69 Å². The van der Waals surface area contributed by atoms with Crippen LogP contribution in [0.15, 0.2) is 42.5 Å². The zero-order valence-corrected chi connectivity index (χ0v) is 18.1. The lowest BCUT2D eigenvalue weighted by Crippen LogP contribution is -2.25. The average Bonchev–Trinajstić information content (AvgIpc) is 3.16. The van der Waals surface area contributed by atoms with Crippen LogP contribution < -0.4 is 10.6 Å². The number of nitrogens with one attached hydrogen (secondary N) is 2. The van der Waals surface area contributed by atoms with Gasteiger partial charge in [0.2, 0.25) is 5.82 Å². The van der Waals surface area contributed by atoms with Crippen molar-refractivity contribution >= 4 is 35.0 Å². The zero-order chi connectivity index (χ0) is 21.7. The number of aromatic nitrogens is 3. The highest BCUT2D eigenvalue weighted by atomic mass is 35.5. The molecule has 2 N–H and O–H groups in total. The highest BCUT2D eigenvalue weighted by molar-refractivity contribution is 6.37. The van der Waals surface area contributed by atoms with Crippen molar-refractivity contribution in [3.63, 3.8) is 0 Å². The third kappa shape index (κ3) is 4.80. The standard InChI is InChI=1S/C21H21Cl2N5O2/c1-3-17-26-19(27-28(17)18-15(22)9-6-10-16(18)23)21(30)25-12-13-7-5-8-14(11-13)20(29)24-4-2/h5-11H,3-4,12H2,1-2H3,(H,24,29)(H,25,30). The van der Waals surface area contributed by atoms with E-state index in [1.807, 2.05) is 19.9 Å². The number of carbonyl (C=O) groups excluding carboxylic acids is 2. The lowest BCUT2D eigenvalue weighted by Gasteiger charge is -2.08. The maximum Gasteiger partial charge on any atom is 0.291 e. The van der Waals surface area contributed by atoms with Crippen LogP contribution in [0.1, 0.15) is 46.2 Å². The smallest absolute Gasteiger partial charge is 0.291 e. The summed E-state index contributed by atoms with van der Waals surface area (Å²) < 4.78 is 1.50. The summed E-state index contributed by atoms with van der Waals surface area (Å²) in [5.74, 6) is -0.0126. The van der Waals surface area contributed by atoms with Crippen LogP contribution >= 0.6 is 23.2 Å². The highest BCUT2D eigenvalue weighted by Crippen LogP contribution is 2.28. The maximum absolute atomic E-state index is 12.6. The van der Waals surface area contributed by atoms with Crippen LogP contribution in [0, 0.1) is 0 Å². The number of aryl methyl sites for hydroxylation is 1. The van der Waals surface area contributed by atoms with Crippen molar-refractivity contribution in [1.82, 2.24) is 25.4 Å². The van der Waals surface area contributed by atoms with Crippen LogP contribution in [0.5, 0.6) is 0 Å². The van der Waals surface area contributed by atoms with E-state index in [1.165, 1.54) is 4.68 Å². The number of amides is 2. The molecule has 0 aliphatic rings. The highest BCUT2D eigenvalue weighted by Gasteiger charge is 2.19. The van der Waals surface area contributed by atoms with Gasteiger partial charge in [-0.05, 0) is 36.8 Å². The molecule has 0 aliphatic carbocycles. The second-order valence-electron chi connectivity index (χ2n) is 6.43. The van der Waals surface area contributed by atoms with Gasteiger partial charge < -0.3 is 10.6 Å². The Balaban J connectivity index is 1.78. The molecule has 0 fully saturated rings. The summed E-state index contributed by atoms with van der Waals surface area (Å²) in [4.78, 5) is 28.9. The largest absolute Gasteiger partial charge is 0.352 e. The van der Waals surface area contributed by atoms with Crippen LogP contribution in [0.25, 0.3) is 5.69 Å². The van der Waals surface area contributed by atoms with E-state index in [1.54, 1.807) is 36.4 Å². The molecule has 0 atom stereocenters. The van der Waals surface area contributed by atoms with Gasteiger partial charge in [-0.25, -0.2) is 9.67 Å². The molecule has 9 heteroatoms. The van der Waals surface area contributed by atoms with Gasteiger partial charge in [0.05, 0.1) is 10.0 Å². The molecule has 2 aromatic carbocycles. The molecule has 1 heterocycles. The molecule has 7 nitrogen and oxygen atoms in total. The van der Waals surface area contributed by atoms with Crippen LogP contribution in [0.2, 0.25) is 10.0 Å². The predicted octanol–water partition coefficient (Wildman–Crippen LogP) is 3.82. The fourth-order valence-electron chi connectivity index (χ4n) is 2.89. The van der Waals surface area contributed by atoms with Gasteiger partial charge >= 0.3 is 0 Å². The molecule has 0 bridgehead atoms. The Bertz CT molecular complexity index is 1060. The van der Waals surface area contributed by atoms with E-state index in [2.05, 4.69) is 20.7 Å². The van der Waals surface area contributed by atoms with Gasteiger partial charge in [-0.2, -0.15) is 0 Å². The second kappa shape index (κ2) is 9.73. The van der Waals surface area contributed by atoms with Gasteiger partial charge in [-0.1, -0.05) is 48.3 Å². The molecule has 0 unspecified atom stereocenters. The lowest BCUT2D eigenvalue weighted by molar-refractivity contribution is 0.0938. The number of benzene rings is 2. The van der Waals surface area contributed by atoms with Crippen molar-refractivity contribution in [2.24, 2.45) is 0 Å². The summed E-state index contributed by atoms with van der Waals surface area (Å²) in [5, 5.41) is 10.7.